The van der Waals surface area contributed by atoms with Crippen LogP contribution >= 0.6 is 11.6 Å². The summed E-state index contributed by atoms with van der Waals surface area (Å²) >= 11 is 6.04. The van der Waals surface area contributed by atoms with Crippen molar-refractivity contribution in [1.82, 2.24) is 0 Å². The number of hydrogen-bond acceptors (Lipinski definition) is 4. The molecule has 2 amide bonds. The van der Waals surface area contributed by atoms with Gasteiger partial charge in [0.25, 0.3) is 10.0 Å². The molecule has 3 aromatic carbocycles. The van der Waals surface area contributed by atoms with Crippen LogP contribution in [0, 0.1) is 26.6 Å². The number of benzene rings is 3. The second-order valence-corrected chi connectivity index (χ2v) is 10.6. The van der Waals surface area contributed by atoms with E-state index in [1.807, 2.05) is 6.92 Å². The van der Waals surface area contributed by atoms with Gasteiger partial charge in [0.1, 0.15) is 11.9 Å². The molecule has 0 aliphatic carbocycles. The molecule has 2 N–H and O–H groups in total. The van der Waals surface area contributed by atoms with E-state index in [1.54, 1.807) is 50.2 Å². The van der Waals surface area contributed by atoms with E-state index in [0.29, 0.717) is 16.8 Å². The maximum atomic E-state index is 14.0. The minimum absolute atomic E-state index is 0.0212. The fourth-order valence-corrected chi connectivity index (χ4v) is 6.59. The zero-order valence-corrected chi connectivity index (χ0v) is 20.8. The van der Waals surface area contributed by atoms with Gasteiger partial charge in [-0.1, -0.05) is 41.4 Å². The number of para-hydroxylation sites is 2. The molecule has 0 fully saturated rings. The Morgan fingerprint density at radius 1 is 1.09 bits per heavy atom. The van der Waals surface area contributed by atoms with Crippen molar-refractivity contribution in [3.63, 3.8) is 0 Å². The van der Waals surface area contributed by atoms with Gasteiger partial charge >= 0.3 is 0 Å². The average Bonchev–Trinajstić information content (AvgIpc) is 2.75. The highest BCUT2D eigenvalue weighted by Crippen LogP contribution is 2.39. The number of aryl methyl sites for hydroxylation is 3. The summed E-state index contributed by atoms with van der Waals surface area (Å²) in [7, 11) is -4.26. The number of rotatable bonds is 5. The standard InChI is InChI=1S/C25H23ClFN3O4S/c1-14-10-15(2)24(16(3)11-14)35(33,34)30-21-7-5-4-6-19(21)29-25(32)22(30)13-23(31)28-20-12-17(27)8-9-18(20)26/h4-12,22H,13H2,1-3H3,(H,28,31)(H,29,32). The third-order valence-corrected chi connectivity index (χ3v) is 8.15. The molecule has 1 unspecified atom stereocenters. The molecule has 1 heterocycles. The van der Waals surface area contributed by atoms with Crippen molar-refractivity contribution in [1.29, 1.82) is 0 Å². The summed E-state index contributed by atoms with van der Waals surface area (Å²) in [4.78, 5) is 26.1. The minimum Gasteiger partial charge on any atom is -0.325 e. The first-order valence-corrected chi connectivity index (χ1v) is 12.6. The predicted octanol–water partition coefficient (Wildman–Crippen LogP) is 4.95. The second kappa shape index (κ2) is 9.31. The lowest BCUT2D eigenvalue weighted by molar-refractivity contribution is -0.122. The molecular weight excluding hydrogens is 493 g/mol. The number of fused-ring (bicyclic) bond motifs is 1. The molecule has 0 bridgehead atoms. The van der Waals surface area contributed by atoms with E-state index in [1.165, 1.54) is 6.07 Å². The summed E-state index contributed by atoms with van der Waals surface area (Å²) in [5.41, 5.74) is 2.54. The molecule has 0 spiro atoms. The van der Waals surface area contributed by atoms with Crippen LogP contribution in [0.15, 0.2) is 59.5 Å². The number of nitrogens with one attached hydrogen (secondary N) is 2. The number of carbonyl (C=O) groups is 2. The predicted molar refractivity (Wildman–Crippen MR) is 134 cm³/mol. The third kappa shape index (κ3) is 4.74. The first kappa shape index (κ1) is 24.7. The van der Waals surface area contributed by atoms with Crippen molar-refractivity contribution in [3.8, 4) is 0 Å². The molecule has 0 saturated heterocycles. The van der Waals surface area contributed by atoms with Crippen LogP contribution in [0.5, 0.6) is 0 Å². The van der Waals surface area contributed by atoms with Gasteiger partial charge in [-0.15, -0.1) is 0 Å². The number of carbonyl (C=O) groups excluding carboxylic acids is 2. The van der Waals surface area contributed by atoms with Crippen LogP contribution in [0.4, 0.5) is 21.5 Å². The minimum atomic E-state index is -4.26. The van der Waals surface area contributed by atoms with E-state index in [2.05, 4.69) is 10.6 Å². The largest absolute Gasteiger partial charge is 0.325 e. The zero-order valence-electron chi connectivity index (χ0n) is 19.2. The lowest BCUT2D eigenvalue weighted by Gasteiger charge is -2.37. The molecule has 182 valence electrons. The number of amides is 2. The smallest absolute Gasteiger partial charge is 0.265 e. The Kier molecular flexibility index (Phi) is 6.57. The van der Waals surface area contributed by atoms with Gasteiger partial charge in [0, 0.05) is 0 Å². The first-order valence-electron chi connectivity index (χ1n) is 10.8. The molecule has 0 radical (unpaired) electrons. The van der Waals surface area contributed by atoms with Crippen LogP contribution in [0.25, 0.3) is 0 Å². The Morgan fingerprint density at radius 3 is 2.43 bits per heavy atom. The van der Waals surface area contributed by atoms with Crippen molar-refractivity contribution >= 4 is 50.5 Å². The van der Waals surface area contributed by atoms with Crippen LogP contribution in [-0.4, -0.2) is 26.3 Å². The molecule has 1 aliphatic heterocycles. The van der Waals surface area contributed by atoms with Gasteiger partial charge < -0.3 is 10.6 Å². The summed E-state index contributed by atoms with van der Waals surface area (Å²) in [5.74, 6) is -1.96. The van der Waals surface area contributed by atoms with Crippen molar-refractivity contribution in [3.05, 3.63) is 82.1 Å². The van der Waals surface area contributed by atoms with Gasteiger partial charge in [0.05, 0.1) is 33.4 Å². The molecular formula is C25H23ClFN3O4S. The molecule has 1 atom stereocenters. The topological polar surface area (TPSA) is 95.6 Å². The normalized spacial score (nSPS) is 15.4. The molecule has 0 saturated carbocycles. The van der Waals surface area contributed by atoms with E-state index in [9.17, 15) is 22.4 Å². The Bertz CT molecular complexity index is 1440. The molecule has 4 rings (SSSR count). The van der Waals surface area contributed by atoms with E-state index in [4.69, 9.17) is 11.6 Å². The summed E-state index contributed by atoms with van der Waals surface area (Å²) < 4.78 is 42.7. The molecule has 10 heteroatoms. The number of anilines is 3. The SMILES string of the molecule is Cc1cc(C)c(S(=O)(=O)N2c3ccccc3NC(=O)C2CC(=O)Nc2cc(F)ccc2Cl)c(C)c1. The lowest BCUT2D eigenvalue weighted by atomic mass is 10.1. The van der Waals surface area contributed by atoms with Crippen molar-refractivity contribution in [2.45, 2.75) is 38.1 Å². The highest BCUT2D eigenvalue weighted by molar-refractivity contribution is 7.93. The molecule has 35 heavy (non-hydrogen) atoms. The summed E-state index contributed by atoms with van der Waals surface area (Å²) in [6, 6.07) is 12.1. The Balaban J connectivity index is 1.78. The number of sulfonamides is 1. The molecule has 3 aromatic rings. The van der Waals surface area contributed by atoms with E-state index >= 15 is 0 Å². The van der Waals surface area contributed by atoms with Crippen LogP contribution < -0.4 is 14.9 Å². The Morgan fingerprint density at radius 2 is 1.74 bits per heavy atom. The van der Waals surface area contributed by atoms with Crippen molar-refractivity contribution < 1.29 is 22.4 Å². The van der Waals surface area contributed by atoms with Crippen LogP contribution in [0.3, 0.4) is 0 Å². The highest BCUT2D eigenvalue weighted by Gasteiger charge is 2.43. The van der Waals surface area contributed by atoms with Crippen LogP contribution in [0.2, 0.25) is 5.02 Å². The number of nitrogens with zero attached hydrogens (tertiary/aromatic N) is 1. The zero-order chi connectivity index (χ0) is 25.5. The average molecular weight is 516 g/mol. The van der Waals surface area contributed by atoms with Crippen LogP contribution in [-0.2, 0) is 19.6 Å². The molecule has 1 aliphatic rings. The summed E-state index contributed by atoms with van der Waals surface area (Å²) in [6.45, 7) is 5.25. The summed E-state index contributed by atoms with van der Waals surface area (Å²) in [5, 5.41) is 5.26. The van der Waals surface area contributed by atoms with E-state index < -0.39 is 40.1 Å². The third-order valence-electron chi connectivity index (χ3n) is 5.69. The lowest BCUT2D eigenvalue weighted by Crippen LogP contribution is -2.52. The highest BCUT2D eigenvalue weighted by atomic mass is 35.5. The second-order valence-electron chi connectivity index (χ2n) is 8.43. The van der Waals surface area contributed by atoms with Gasteiger partial charge in [-0.3, -0.25) is 13.9 Å². The van der Waals surface area contributed by atoms with Gasteiger partial charge in [-0.2, -0.15) is 0 Å². The van der Waals surface area contributed by atoms with Gasteiger partial charge in [0.2, 0.25) is 11.8 Å². The molecule has 7 nitrogen and oxygen atoms in total. The maximum Gasteiger partial charge on any atom is 0.265 e. The monoisotopic (exact) mass is 515 g/mol. The quantitative estimate of drug-likeness (QED) is 0.502. The Labute approximate surface area is 208 Å². The van der Waals surface area contributed by atoms with Gasteiger partial charge in [0.15, 0.2) is 0 Å². The molecule has 0 aromatic heterocycles. The van der Waals surface area contributed by atoms with Crippen LogP contribution in [0.1, 0.15) is 23.1 Å². The van der Waals surface area contributed by atoms with E-state index in [0.717, 1.165) is 22.0 Å². The fourth-order valence-electron chi connectivity index (χ4n) is 4.38. The Hall–Kier alpha value is -3.43. The maximum absolute atomic E-state index is 14.0. The first-order chi connectivity index (χ1) is 16.5. The van der Waals surface area contributed by atoms with Gasteiger partial charge in [-0.25, -0.2) is 12.8 Å². The summed E-state index contributed by atoms with van der Waals surface area (Å²) in [6.07, 6.45) is -0.518. The number of hydrogen-bond donors (Lipinski definition) is 2. The van der Waals surface area contributed by atoms with Crippen molar-refractivity contribution in [2.24, 2.45) is 0 Å². The number of halogens is 2. The van der Waals surface area contributed by atoms with Crippen molar-refractivity contribution in [2.75, 3.05) is 14.9 Å². The fraction of sp³-hybridized carbons (Fsp3) is 0.200. The van der Waals surface area contributed by atoms with E-state index in [-0.39, 0.29) is 21.3 Å². The van der Waals surface area contributed by atoms with Gasteiger partial charge in [-0.05, 0) is 62.2 Å².